The number of hydrogen-bond donors (Lipinski definition) is 2. The molecule has 0 saturated heterocycles. The van der Waals surface area contributed by atoms with Gasteiger partial charge >= 0.3 is 11.8 Å². The first kappa shape index (κ1) is 24.5. The van der Waals surface area contributed by atoms with Gasteiger partial charge in [0, 0.05) is 11.3 Å². The van der Waals surface area contributed by atoms with Crippen molar-refractivity contribution in [1.29, 1.82) is 0 Å². The summed E-state index contributed by atoms with van der Waals surface area (Å²) in [7, 11) is 3.00. The predicted molar refractivity (Wildman–Crippen MR) is 126 cm³/mol. The van der Waals surface area contributed by atoms with Crippen molar-refractivity contribution in [2.45, 2.75) is 6.61 Å². The first-order valence-electron chi connectivity index (χ1n) is 9.93. The molecule has 0 aliphatic rings. The van der Waals surface area contributed by atoms with E-state index < -0.39 is 17.6 Å². The molecule has 34 heavy (non-hydrogen) atoms. The van der Waals surface area contributed by atoms with Gasteiger partial charge in [0.2, 0.25) is 0 Å². The molecule has 3 rings (SSSR count). The Morgan fingerprint density at radius 2 is 1.74 bits per heavy atom. The Morgan fingerprint density at radius 3 is 2.41 bits per heavy atom. The van der Waals surface area contributed by atoms with Gasteiger partial charge in [0.05, 0.1) is 25.5 Å². The van der Waals surface area contributed by atoms with Crippen LogP contribution >= 0.6 is 11.6 Å². The molecule has 0 radical (unpaired) electrons. The molecule has 176 valence electrons. The molecular weight excluding hydrogens is 465 g/mol. The highest BCUT2D eigenvalue weighted by molar-refractivity contribution is 6.39. The lowest BCUT2D eigenvalue weighted by atomic mass is 10.2. The van der Waals surface area contributed by atoms with E-state index in [1.165, 1.54) is 32.6 Å². The van der Waals surface area contributed by atoms with E-state index in [1.54, 1.807) is 48.5 Å². The zero-order valence-electron chi connectivity index (χ0n) is 18.3. The molecule has 0 spiro atoms. The van der Waals surface area contributed by atoms with Crippen LogP contribution in [-0.2, 0) is 16.2 Å². The molecule has 8 nitrogen and oxygen atoms in total. The number of hydrazone groups is 1. The second-order valence-corrected chi connectivity index (χ2v) is 7.22. The molecular formula is C24H21ClFN3O5. The Morgan fingerprint density at radius 1 is 0.971 bits per heavy atom. The van der Waals surface area contributed by atoms with E-state index in [2.05, 4.69) is 15.8 Å². The fraction of sp³-hybridized carbons (Fsp3) is 0.125. The number of nitrogens with one attached hydrogen (secondary N) is 2. The lowest BCUT2D eigenvalue weighted by Crippen LogP contribution is -2.32. The van der Waals surface area contributed by atoms with Gasteiger partial charge in [-0.2, -0.15) is 5.10 Å². The Kier molecular flexibility index (Phi) is 8.42. The van der Waals surface area contributed by atoms with Crippen molar-refractivity contribution < 1.29 is 28.2 Å². The number of carbonyl (C=O) groups excluding carboxylic acids is 2. The molecule has 0 aliphatic carbocycles. The smallest absolute Gasteiger partial charge is 0.329 e. The van der Waals surface area contributed by atoms with E-state index in [1.807, 2.05) is 0 Å². The van der Waals surface area contributed by atoms with Gasteiger partial charge in [0.25, 0.3) is 0 Å². The monoisotopic (exact) mass is 485 g/mol. The van der Waals surface area contributed by atoms with Crippen molar-refractivity contribution >= 4 is 35.3 Å². The first-order valence-corrected chi connectivity index (χ1v) is 10.3. The standard InChI is InChI=1S/C24H21ClFN3O5/c1-32-19-8-6-18(7-9-19)28-23(30)24(31)29-27-13-15-3-10-21(22(11-15)33-2)34-14-16-4-5-17(26)12-20(16)25/h3-13H,14H2,1-2H3,(H,28,30)(H,29,31)/b27-13+. The van der Waals surface area contributed by atoms with Gasteiger partial charge < -0.3 is 19.5 Å². The van der Waals surface area contributed by atoms with E-state index in [0.717, 1.165) is 0 Å². The Labute approximate surface area is 200 Å². The number of carbonyl (C=O) groups is 2. The van der Waals surface area contributed by atoms with E-state index in [4.69, 9.17) is 25.8 Å². The topological polar surface area (TPSA) is 98.2 Å². The molecule has 0 unspecified atom stereocenters. The zero-order chi connectivity index (χ0) is 24.5. The highest BCUT2D eigenvalue weighted by Gasteiger charge is 2.13. The van der Waals surface area contributed by atoms with E-state index in [0.29, 0.717) is 34.1 Å². The van der Waals surface area contributed by atoms with Crippen molar-refractivity contribution in [2.24, 2.45) is 5.10 Å². The molecule has 2 N–H and O–H groups in total. The summed E-state index contributed by atoms with van der Waals surface area (Å²) in [5.41, 5.74) is 3.80. The first-order chi connectivity index (χ1) is 16.4. The van der Waals surface area contributed by atoms with Crippen molar-refractivity contribution in [2.75, 3.05) is 19.5 Å². The maximum atomic E-state index is 13.2. The molecule has 2 amide bonds. The highest BCUT2D eigenvalue weighted by atomic mass is 35.5. The van der Waals surface area contributed by atoms with Crippen LogP contribution in [-0.4, -0.2) is 32.2 Å². The Hall–Kier alpha value is -4.11. The summed E-state index contributed by atoms with van der Waals surface area (Å²) in [4.78, 5) is 24.0. The normalized spacial score (nSPS) is 10.6. The van der Waals surface area contributed by atoms with E-state index >= 15 is 0 Å². The number of amides is 2. The van der Waals surface area contributed by atoms with Crippen molar-refractivity contribution in [3.05, 3.63) is 82.6 Å². The minimum absolute atomic E-state index is 0.113. The highest BCUT2D eigenvalue weighted by Crippen LogP contribution is 2.29. The van der Waals surface area contributed by atoms with E-state index in [-0.39, 0.29) is 11.6 Å². The lowest BCUT2D eigenvalue weighted by Gasteiger charge is -2.12. The molecule has 3 aromatic rings. The van der Waals surface area contributed by atoms with Gasteiger partial charge in [-0.25, -0.2) is 9.82 Å². The second-order valence-electron chi connectivity index (χ2n) is 6.82. The summed E-state index contributed by atoms with van der Waals surface area (Å²) in [5, 5.41) is 6.51. The maximum Gasteiger partial charge on any atom is 0.329 e. The number of rotatable bonds is 8. The van der Waals surface area contributed by atoms with Crippen LogP contribution in [0.25, 0.3) is 0 Å². The molecule has 0 aromatic heterocycles. The summed E-state index contributed by atoms with van der Waals surface area (Å²) < 4.78 is 29.3. The van der Waals surface area contributed by atoms with Crippen LogP contribution in [0.2, 0.25) is 5.02 Å². The predicted octanol–water partition coefficient (Wildman–Crippen LogP) is 4.16. The Bertz CT molecular complexity index is 1200. The number of hydrogen-bond acceptors (Lipinski definition) is 6. The number of halogens is 2. The summed E-state index contributed by atoms with van der Waals surface area (Å²) in [6.07, 6.45) is 1.35. The number of nitrogens with zero attached hydrogens (tertiary/aromatic N) is 1. The minimum atomic E-state index is -0.935. The quantitative estimate of drug-likeness (QED) is 0.283. The fourth-order valence-electron chi connectivity index (χ4n) is 2.76. The third-order valence-electron chi connectivity index (χ3n) is 4.52. The number of anilines is 1. The van der Waals surface area contributed by atoms with Gasteiger partial charge in [0.15, 0.2) is 11.5 Å². The van der Waals surface area contributed by atoms with Crippen LogP contribution in [0.3, 0.4) is 0 Å². The summed E-state index contributed by atoms with van der Waals surface area (Å²) in [5.74, 6) is -0.773. The van der Waals surface area contributed by atoms with Gasteiger partial charge in [-0.3, -0.25) is 9.59 Å². The van der Waals surface area contributed by atoms with Gasteiger partial charge in [-0.1, -0.05) is 17.7 Å². The molecule has 0 saturated carbocycles. The largest absolute Gasteiger partial charge is 0.497 e. The SMILES string of the molecule is COc1ccc(NC(=O)C(=O)N/N=C/c2ccc(OCc3ccc(F)cc3Cl)c(OC)c2)cc1. The van der Waals surface area contributed by atoms with Crippen LogP contribution in [0.4, 0.5) is 10.1 Å². The van der Waals surface area contributed by atoms with Gasteiger partial charge in [-0.15, -0.1) is 0 Å². The van der Waals surface area contributed by atoms with Crippen molar-refractivity contribution in [3.63, 3.8) is 0 Å². The number of benzene rings is 3. The molecule has 10 heteroatoms. The van der Waals surface area contributed by atoms with Crippen LogP contribution < -0.4 is 25.0 Å². The van der Waals surface area contributed by atoms with Crippen LogP contribution in [0.1, 0.15) is 11.1 Å². The molecule has 0 bridgehead atoms. The molecule has 3 aromatic carbocycles. The number of methoxy groups -OCH3 is 2. The van der Waals surface area contributed by atoms with E-state index in [9.17, 15) is 14.0 Å². The molecule has 0 atom stereocenters. The molecule has 0 aliphatic heterocycles. The van der Waals surface area contributed by atoms with Gasteiger partial charge in [-0.05, 0) is 60.2 Å². The third kappa shape index (κ3) is 6.69. The minimum Gasteiger partial charge on any atom is -0.497 e. The van der Waals surface area contributed by atoms with Crippen molar-refractivity contribution in [3.8, 4) is 17.2 Å². The Balaban J connectivity index is 1.56. The fourth-order valence-corrected chi connectivity index (χ4v) is 2.98. The average molecular weight is 486 g/mol. The van der Waals surface area contributed by atoms with Crippen LogP contribution in [0.5, 0.6) is 17.2 Å². The van der Waals surface area contributed by atoms with Gasteiger partial charge in [0.1, 0.15) is 18.2 Å². The summed E-state index contributed by atoms with van der Waals surface area (Å²) in [6.45, 7) is 0.113. The average Bonchev–Trinajstić information content (AvgIpc) is 2.84. The van der Waals surface area contributed by atoms with Crippen LogP contribution in [0, 0.1) is 5.82 Å². The summed E-state index contributed by atoms with van der Waals surface area (Å²) in [6, 6.07) is 15.5. The second kappa shape index (κ2) is 11.7. The third-order valence-corrected chi connectivity index (χ3v) is 4.87. The number of ether oxygens (including phenoxy) is 3. The van der Waals surface area contributed by atoms with Crippen molar-refractivity contribution in [1.82, 2.24) is 5.43 Å². The molecule has 0 fully saturated rings. The van der Waals surface area contributed by atoms with Crippen LogP contribution in [0.15, 0.2) is 65.8 Å². The summed E-state index contributed by atoms with van der Waals surface area (Å²) >= 11 is 6.02. The molecule has 0 heterocycles. The maximum absolute atomic E-state index is 13.2. The zero-order valence-corrected chi connectivity index (χ0v) is 19.1. The lowest BCUT2D eigenvalue weighted by molar-refractivity contribution is -0.136.